The summed E-state index contributed by atoms with van der Waals surface area (Å²) in [5, 5.41) is 3.21. The van der Waals surface area contributed by atoms with Crippen LogP contribution in [0.1, 0.15) is 37.4 Å². The van der Waals surface area contributed by atoms with Gasteiger partial charge in [0, 0.05) is 37.8 Å². The number of hydrogen-bond acceptors (Lipinski definition) is 2. The standard InChI is InChI=1S/C16H22F4N2.2ClH/c1-11(2)10-14(22-8-6-21-7-9-22)12-4-3-5-13(15(12)17)16(18,19)20;;/h3-5,11,14,21H,6-10H2,1-2H3;2*1H/t14-;;/m1../s1. The Balaban J connectivity index is 0.00000264. The van der Waals surface area contributed by atoms with Crippen molar-refractivity contribution in [3.63, 3.8) is 0 Å². The third kappa shape index (κ3) is 5.76. The van der Waals surface area contributed by atoms with Gasteiger partial charge in [0.2, 0.25) is 0 Å². The molecule has 8 heteroatoms. The quantitative estimate of drug-likeness (QED) is 0.750. The third-order valence-electron chi connectivity index (χ3n) is 3.98. The summed E-state index contributed by atoms with van der Waals surface area (Å²) in [6, 6.07) is 3.28. The van der Waals surface area contributed by atoms with Gasteiger partial charge < -0.3 is 5.32 Å². The molecule has 0 unspecified atom stereocenters. The highest BCUT2D eigenvalue weighted by Crippen LogP contribution is 2.37. The first-order valence-corrected chi connectivity index (χ1v) is 7.61. The van der Waals surface area contributed by atoms with E-state index in [0.717, 1.165) is 19.2 Å². The van der Waals surface area contributed by atoms with Crippen LogP contribution in [0.2, 0.25) is 0 Å². The maximum atomic E-state index is 14.5. The van der Waals surface area contributed by atoms with Crippen LogP contribution in [0.25, 0.3) is 0 Å². The molecular weight excluding hydrogens is 367 g/mol. The van der Waals surface area contributed by atoms with Crippen molar-refractivity contribution in [1.29, 1.82) is 0 Å². The van der Waals surface area contributed by atoms with Crippen LogP contribution in [-0.2, 0) is 6.18 Å². The largest absolute Gasteiger partial charge is 0.419 e. The summed E-state index contributed by atoms with van der Waals surface area (Å²) in [5.74, 6) is -0.854. The molecule has 0 amide bonds. The first-order valence-electron chi connectivity index (χ1n) is 7.61. The topological polar surface area (TPSA) is 15.3 Å². The molecule has 1 heterocycles. The maximum Gasteiger partial charge on any atom is 0.419 e. The van der Waals surface area contributed by atoms with Crippen LogP contribution in [0.3, 0.4) is 0 Å². The van der Waals surface area contributed by atoms with Gasteiger partial charge in [-0.3, -0.25) is 4.90 Å². The molecule has 0 aromatic heterocycles. The Morgan fingerprint density at radius 3 is 2.21 bits per heavy atom. The molecular formula is C16H24Cl2F4N2. The number of hydrogen-bond donors (Lipinski definition) is 1. The lowest BCUT2D eigenvalue weighted by atomic mass is 9.93. The van der Waals surface area contributed by atoms with E-state index in [1.807, 2.05) is 13.8 Å². The molecule has 1 atom stereocenters. The van der Waals surface area contributed by atoms with Crippen molar-refractivity contribution in [3.8, 4) is 0 Å². The van der Waals surface area contributed by atoms with Gasteiger partial charge in [0.05, 0.1) is 5.56 Å². The van der Waals surface area contributed by atoms with Crippen LogP contribution in [-0.4, -0.2) is 31.1 Å². The van der Waals surface area contributed by atoms with E-state index in [0.29, 0.717) is 19.5 Å². The zero-order chi connectivity index (χ0) is 16.3. The van der Waals surface area contributed by atoms with Crippen molar-refractivity contribution in [2.75, 3.05) is 26.2 Å². The fourth-order valence-corrected chi connectivity index (χ4v) is 2.94. The molecule has 1 N–H and O–H groups in total. The maximum absolute atomic E-state index is 14.5. The van der Waals surface area contributed by atoms with Crippen molar-refractivity contribution in [2.45, 2.75) is 32.5 Å². The number of rotatable bonds is 4. The molecule has 140 valence electrons. The molecule has 24 heavy (non-hydrogen) atoms. The van der Waals surface area contributed by atoms with Crippen molar-refractivity contribution >= 4 is 24.8 Å². The predicted octanol–water partition coefficient (Wildman–Crippen LogP) is 4.68. The van der Waals surface area contributed by atoms with Gasteiger partial charge in [0.15, 0.2) is 0 Å². The Morgan fingerprint density at radius 2 is 1.71 bits per heavy atom. The highest BCUT2D eigenvalue weighted by Gasteiger charge is 2.36. The number of benzene rings is 1. The minimum atomic E-state index is -4.66. The molecule has 0 radical (unpaired) electrons. The van der Waals surface area contributed by atoms with E-state index in [-0.39, 0.29) is 42.3 Å². The average Bonchev–Trinajstić information content (AvgIpc) is 2.45. The number of nitrogens with zero attached hydrogens (tertiary/aromatic N) is 1. The van der Waals surface area contributed by atoms with Gasteiger partial charge >= 0.3 is 6.18 Å². The second-order valence-corrected chi connectivity index (χ2v) is 6.14. The lowest BCUT2D eigenvalue weighted by Crippen LogP contribution is -2.45. The Bertz CT molecular complexity index is 503. The van der Waals surface area contributed by atoms with Gasteiger partial charge in [0.1, 0.15) is 5.82 Å². The molecule has 1 fully saturated rings. The Morgan fingerprint density at radius 1 is 1.12 bits per heavy atom. The van der Waals surface area contributed by atoms with Gasteiger partial charge in [-0.05, 0) is 18.4 Å². The van der Waals surface area contributed by atoms with Crippen molar-refractivity contribution in [2.24, 2.45) is 5.92 Å². The number of alkyl halides is 3. The van der Waals surface area contributed by atoms with E-state index < -0.39 is 17.6 Å². The number of piperazine rings is 1. The molecule has 2 rings (SSSR count). The Kier molecular flexibility index (Phi) is 9.57. The first kappa shape index (κ1) is 23.4. The Labute approximate surface area is 152 Å². The molecule has 0 bridgehead atoms. The highest BCUT2D eigenvalue weighted by atomic mass is 35.5. The molecule has 1 aliphatic rings. The minimum Gasteiger partial charge on any atom is -0.314 e. The van der Waals surface area contributed by atoms with Gasteiger partial charge in [-0.2, -0.15) is 13.2 Å². The summed E-state index contributed by atoms with van der Waals surface area (Å²) in [6.07, 6.45) is -4.02. The second kappa shape index (κ2) is 9.80. The van der Waals surface area contributed by atoms with Crippen LogP contribution in [0.4, 0.5) is 17.6 Å². The number of nitrogens with one attached hydrogen (secondary N) is 1. The van der Waals surface area contributed by atoms with E-state index in [1.165, 1.54) is 12.1 Å². The fourth-order valence-electron chi connectivity index (χ4n) is 2.94. The minimum absolute atomic E-state index is 0. The third-order valence-corrected chi connectivity index (χ3v) is 3.98. The second-order valence-electron chi connectivity index (χ2n) is 6.14. The summed E-state index contributed by atoms with van der Waals surface area (Å²) in [6.45, 7) is 6.98. The summed E-state index contributed by atoms with van der Waals surface area (Å²) >= 11 is 0. The van der Waals surface area contributed by atoms with Gasteiger partial charge in [0.25, 0.3) is 0 Å². The molecule has 1 aromatic rings. The van der Waals surface area contributed by atoms with E-state index in [4.69, 9.17) is 0 Å². The van der Waals surface area contributed by atoms with Gasteiger partial charge in [-0.1, -0.05) is 26.0 Å². The number of halogens is 6. The molecule has 1 saturated heterocycles. The SMILES string of the molecule is CC(C)C[C@H](c1cccc(C(F)(F)F)c1F)N1CCNCC1.Cl.Cl. The van der Waals surface area contributed by atoms with E-state index in [2.05, 4.69) is 10.2 Å². The van der Waals surface area contributed by atoms with Crippen LogP contribution >= 0.6 is 24.8 Å². The zero-order valence-corrected chi connectivity index (χ0v) is 15.3. The fraction of sp³-hybridized carbons (Fsp3) is 0.625. The van der Waals surface area contributed by atoms with Gasteiger partial charge in [-0.15, -0.1) is 24.8 Å². The Hall–Kier alpha value is -0.560. The van der Waals surface area contributed by atoms with Crippen LogP contribution in [0.15, 0.2) is 18.2 Å². The van der Waals surface area contributed by atoms with Gasteiger partial charge in [-0.25, -0.2) is 4.39 Å². The van der Waals surface area contributed by atoms with E-state index in [9.17, 15) is 17.6 Å². The van der Waals surface area contributed by atoms with Crippen LogP contribution in [0, 0.1) is 11.7 Å². The summed E-state index contributed by atoms with van der Waals surface area (Å²) in [4.78, 5) is 2.08. The zero-order valence-electron chi connectivity index (χ0n) is 13.7. The highest BCUT2D eigenvalue weighted by molar-refractivity contribution is 5.85. The molecule has 1 aromatic carbocycles. The molecule has 0 spiro atoms. The van der Waals surface area contributed by atoms with E-state index >= 15 is 0 Å². The summed E-state index contributed by atoms with van der Waals surface area (Å²) in [7, 11) is 0. The van der Waals surface area contributed by atoms with E-state index in [1.54, 1.807) is 0 Å². The lowest BCUT2D eigenvalue weighted by molar-refractivity contribution is -0.140. The van der Waals surface area contributed by atoms with Crippen LogP contribution < -0.4 is 5.32 Å². The van der Waals surface area contributed by atoms with Crippen molar-refractivity contribution in [1.82, 2.24) is 10.2 Å². The summed E-state index contributed by atoms with van der Waals surface area (Å²) < 4.78 is 53.3. The monoisotopic (exact) mass is 390 g/mol. The molecule has 0 aliphatic carbocycles. The lowest BCUT2D eigenvalue weighted by Gasteiger charge is -2.36. The van der Waals surface area contributed by atoms with Crippen molar-refractivity contribution < 1.29 is 17.6 Å². The molecule has 1 aliphatic heterocycles. The predicted molar refractivity (Wildman–Crippen MR) is 92.5 cm³/mol. The van der Waals surface area contributed by atoms with Crippen LogP contribution in [0.5, 0.6) is 0 Å². The first-order chi connectivity index (χ1) is 10.3. The molecule has 0 saturated carbocycles. The average molecular weight is 391 g/mol. The molecule has 2 nitrogen and oxygen atoms in total. The summed E-state index contributed by atoms with van der Waals surface area (Å²) in [5.41, 5.74) is -1.01. The normalized spacial score (nSPS) is 17.1. The van der Waals surface area contributed by atoms with Crippen molar-refractivity contribution in [3.05, 3.63) is 35.1 Å². The smallest absolute Gasteiger partial charge is 0.314 e.